The van der Waals surface area contributed by atoms with Crippen molar-refractivity contribution in [2.45, 2.75) is 24.2 Å². The van der Waals surface area contributed by atoms with Gasteiger partial charge in [0.25, 0.3) is 0 Å². The Morgan fingerprint density at radius 3 is 2.67 bits per heavy atom. The standard InChI is InChI=1S/C9H11F3N4OS/c1-18-8-14-5(2-3-7(17)16-13)4-6(15-8)9(10,11)12/h4H,2-3,13H2,1H3,(H,16,17). The van der Waals surface area contributed by atoms with E-state index in [1.54, 1.807) is 6.26 Å². The number of alkyl halides is 3. The molecular weight excluding hydrogens is 269 g/mol. The van der Waals surface area contributed by atoms with Gasteiger partial charge in [-0.2, -0.15) is 13.2 Å². The van der Waals surface area contributed by atoms with E-state index in [2.05, 4.69) is 9.97 Å². The highest BCUT2D eigenvalue weighted by Gasteiger charge is 2.33. The Bertz CT molecular complexity index is 438. The number of nitrogens with two attached hydrogens (primary N) is 1. The number of thioether (sulfide) groups is 1. The fourth-order valence-corrected chi connectivity index (χ4v) is 1.55. The molecule has 0 fully saturated rings. The Balaban J connectivity index is 2.94. The van der Waals surface area contributed by atoms with Crippen LogP contribution in [-0.4, -0.2) is 22.1 Å². The van der Waals surface area contributed by atoms with Gasteiger partial charge in [-0.3, -0.25) is 10.2 Å². The average Bonchev–Trinajstić information content (AvgIpc) is 2.34. The minimum Gasteiger partial charge on any atom is -0.294 e. The lowest BCUT2D eigenvalue weighted by Crippen LogP contribution is -2.30. The van der Waals surface area contributed by atoms with Gasteiger partial charge in [0.15, 0.2) is 5.16 Å². The maximum absolute atomic E-state index is 12.6. The molecule has 1 rings (SSSR count). The van der Waals surface area contributed by atoms with Gasteiger partial charge in [-0.05, 0) is 18.7 Å². The molecule has 0 bridgehead atoms. The van der Waals surface area contributed by atoms with Crippen LogP contribution in [0.25, 0.3) is 0 Å². The summed E-state index contributed by atoms with van der Waals surface area (Å²) in [4.78, 5) is 18.2. The molecule has 0 saturated carbocycles. The zero-order chi connectivity index (χ0) is 13.8. The van der Waals surface area contributed by atoms with Crippen molar-refractivity contribution in [1.82, 2.24) is 15.4 Å². The highest BCUT2D eigenvalue weighted by molar-refractivity contribution is 7.98. The SMILES string of the molecule is CSc1nc(CCC(=O)NN)cc(C(F)(F)F)n1. The van der Waals surface area contributed by atoms with Crippen LogP contribution in [-0.2, 0) is 17.4 Å². The molecule has 1 aromatic heterocycles. The topological polar surface area (TPSA) is 80.9 Å². The number of carbonyl (C=O) groups is 1. The number of aryl methyl sites for hydroxylation is 1. The first-order chi connectivity index (χ1) is 8.36. The summed E-state index contributed by atoms with van der Waals surface area (Å²) in [5.74, 6) is 4.41. The third-order valence-corrected chi connectivity index (χ3v) is 2.55. The van der Waals surface area contributed by atoms with Crippen LogP contribution in [0, 0.1) is 0 Å². The maximum atomic E-state index is 12.6. The molecule has 0 saturated heterocycles. The lowest BCUT2D eigenvalue weighted by Gasteiger charge is -2.09. The Labute approximate surface area is 105 Å². The molecule has 0 atom stereocenters. The number of hydrogen-bond donors (Lipinski definition) is 2. The largest absolute Gasteiger partial charge is 0.433 e. The number of nitrogens with zero attached hydrogens (tertiary/aromatic N) is 2. The Hall–Kier alpha value is -1.35. The Kier molecular flexibility index (Phi) is 4.91. The summed E-state index contributed by atoms with van der Waals surface area (Å²) in [6, 6.07) is 0.837. The van der Waals surface area contributed by atoms with Crippen LogP contribution in [0.2, 0.25) is 0 Å². The van der Waals surface area contributed by atoms with Crippen LogP contribution >= 0.6 is 11.8 Å². The van der Waals surface area contributed by atoms with Crippen molar-refractivity contribution in [3.05, 3.63) is 17.5 Å². The predicted molar refractivity (Wildman–Crippen MR) is 59.5 cm³/mol. The maximum Gasteiger partial charge on any atom is 0.433 e. The lowest BCUT2D eigenvalue weighted by molar-refractivity contribution is -0.141. The molecule has 9 heteroatoms. The average molecular weight is 280 g/mol. The van der Waals surface area contributed by atoms with E-state index in [-0.39, 0.29) is 23.7 Å². The zero-order valence-corrected chi connectivity index (χ0v) is 10.2. The Morgan fingerprint density at radius 1 is 1.50 bits per heavy atom. The van der Waals surface area contributed by atoms with E-state index in [1.807, 2.05) is 5.43 Å². The van der Waals surface area contributed by atoms with E-state index in [0.29, 0.717) is 0 Å². The molecule has 1 aromatic rings. The van der Waals surface area contributed by atoms with Crippen LogP contribution < -0.4 is 11.3 Å². The third kappa shape index (κ3) is 4.15. The molecule has 100 valence electrons. The molecule has 0 aliphatic heterocycles. The van der Waals surface area contributed by atoms with Crippen molar-refractivity contribution in [3.8, 4) is 0 Å². The fourth-order valence-electron chi connectivity index (χ4n) is 1.15. The summed E-state index contributed by atoms with van der Waals surface area (Å²) in [7, 11) is 0. The second kappa shape index (κ2) is 6.01. The predicted octanol–water partition coefficient (Wildman–Crippen LogP) is 1.14. The molecule has 18 heavy (non-hydrogen) atoms. The summed E-state index contributed by atoms with van der Waals surface area (Å²) in [5.41, 5.74) is 1.05. The zero-order valence-electron chi connectivity index (χ0n) is 9.41. The second-order valence-electron chi connectivity index (χ2n) is 3.30. The van der Waals surface area contributed by atoms with Crippen molar-refractivity contribution in [1.29, 1.82) is 0 Å². The first kappa shape index (κ1) is 14.7. The molecule has 0 unspecified atom stereocenters. The van der Waals surface area contributed by atoms with Crippen molar-refractivity contribution in [2.24, 2.45) is 5.84 Å². The first-order valence-electron chi connectivity index (χ1n) is 4.85. The van der Waals surface area contributed by atoms with Crippen molar-refractivity contribution in [2.75, 3.05) is 6.26 Å². The summed E-state index contributed by atoms with van der Waals surface area (Å²) >= 11 is 1.01. The van der Waals surface area contributed by atoms with Gasteiger partial charge in [0.1, 0.15) is 5.69 Å². The summed E-state index contributed by atoms with van der Waals surface area (Å²) in [6.45, 7) is 0. The Morgan fingerprint density at radius 2 is 2.17 bits per heavy atom. The minimum absolute atomic E-state index is 0.0213. The van der Waals surface area contributed by atoms with E-state index in [4.69, 9.17) is 5.84 Å². The van der Waals surface area contributed by atoms with Gasteiger partial charge in [-0.25, -0.2) is 15.8 Å². The fraction of sp³-hybridized carbons (Fsp3) is 0.444. The number of rotatable bonds is 4. The minimum atomic E-state index is -4.53. The summed E-state index contributed by atoms with van der Waals surface area (Å²) in [6.07, 6.45) is -2.91. The van der Waals surface area contributed by atoms with Crippen LogP contribution in [0.5, 0.6) is 0 Å². The van der Waals surface area contributed by atoms with Gasteiger partial charge in [0, 0.05) is 12.1 Å². The quantitative estimate of drug-likeness (QED) is 0.284. The number of halogens is 3. The molecule has 0 aromatic carbocycles. The van der Waals surface area contributed by atoms with Crippen LogP contribution in [0.3, 0.4) is 0 Å². The number of nitrogens with one attached hydrogen (secondary N) is 1. The molecule has 1 amide bonds. The van der Waals surface area contributed by atoms with Crippen LogP contribution in [0.1, 0.15) is 17.8 Å². The lowest BCUT2D eigenvalue weighted by atomic mass is 10.2. The van der Waals surface area contributed by atoms with Gasteiger partial charge < -0.3 is 0 Å². The van der Waals surface area contributed by atoms with Crippen molar-refractivity contribution in [3.63, 3.8) is 0 Å². The summed E-state index contributed by atoms with van der Waals surface area (Å²) in [5, 5.41) is 0.0213. The smallest absolute Gasteiger partial charge is 0.294 e. The first-order valence-corrected chi connectivity index (χ1v) is 6.08. The van der Waals surface area contributed by atoms with E-state index in [1.165, 1.54) is 0 Å². The molecule has 3 N–H and O–H groups in total. The number of hydrogen-bond acceptors (Lipinski definition) is 5. The molecule has 1 heterocycles. The van der Waals surface area contributed by atoms with Gasteiger partial charge in [-0.15, -0.1) is 0 Å². The number of hydrazine groups is 1. The highest BCUT2D eigenvalue weighted by Crippen LogP contribution is 2.29. The van der Waals surface area contributed by atoms with E-state index in [9.17, 15) is 18.0 Å². The van der Waals surface area contributed by atoms with E-state index in [0.717, 1.165) is 17.8 Å². The highest BCUT2D eigenvalue weighted by atomic mass is 32.2. The van der Waals surface area contributed by atoms with Gasteiger partial charge in [-0.1, -0.05) is 11.8 Å². The molecule has 0 aliphatic carbocycles. The third-order valence-electron chi connectivity index (χ3n) is 2.00. The molecule has 5 nitrogen and oxygen atoms in total. The normalized spacial score (nSPS) is 11.4. The van der Waals surface area contributed by atoms with Gasteiger partial charge >= 0.3 is 6.18 Å². The molecular formula is C9H11F3N4OS. The number of carbonyl (C=O) groups excluding carboxylic acids is 1. The summed E-state index contributed by atoms with van der Waals surface area (Å²) < 4.78 is 37.7. The van der Waals surface area contributed by atoms with E-state index < -0.39 is 17.8 Å². The molecule has 0 spiro atoms. The number of amides is 1. The van der Waals surface area contributed by atoms with Crippen molar-refractivity contribution < 1.29 is 18.0 Å². The second-order valence-corrected chi connectivity index (χ2v) is 4.07. The number of aromatic nitrogens is 2. The van der Waals surface area contributed by atoms with Crippen LogP contribution in [0.15, 0.2) is 11.2 Å². The monoisotopic (exact) mass is 280 g/mol. The molecule has 0 aliphatic rings. The molecule has 0 radical (unpaired) electrons. The van der Waals surface area contributed by atoms with Gasteiger partial charge in [0.2, 0.25) is 5.91 Å². The van der Waals surface area contributed by atoms with Gasteiger partial charge in [0.05, 0.1) is 0 Å². The van der Waals surface area contributed by atoms with Crippen molar-refractivity contribution >= 4 is 17.7 Å². The van der Waals surface area contributed by atoms with Crippen LogP contribution in [0.4, 0.5) is 13.2 Å². The van der Waals surface area contributed by atoms with E-state index >= 15 is 0 Å².